The lowest BCUT2D eigenvalue weighted by molar-refractivity contribution is 0.0943. The summed E-state index contributed by atoms with van der Waals surface area (Å²) in [6.07, 6.45) is 0. The van der Waals surface area contributed by atoms with Crippen molar-refractivity contribution in [2.75, 3.05) is 5.73 Å². The van der Waals surface area contributed by atoms with Crippen LogP contribution in [-0.4, -0.2) is 25.5 Å². The quantitative estimate of drug-likeness (QED) is 0.655. The first-order valence-corrected chi connectivity index (χ1v) is 7.90. The summed E-state index contributed by atoms with van der Waals surface area (Å²) in [6.45, 7) is 0.0215. The van der Waals surface area contributed by atoms with Gasteiger partial charge in [-0.2, -0.15) is 9.50 Å². The summed E-state index contributed by atoms with van der Waals surface area (Å²) in [6, 6.07) is 4.95. The molecule has 1 amide bonds. The molecule has 0 aliphatic carbocycles. The van der Waals surface area contributed by atoms with Gasteiger partial charge in [0.2, 0.25) is 5.95 Å². The van der Waals surface area contributed by atoms with Gasteiger partial charge in [0.15, 0.2) is 11.6 Å². The lowest BCUT2D eigenvalue weighted by atomic mass is 10.2. The van der Waals surface area contributed by atoms with Gasteiger partial charge in [0, 0.05) is 11.9 Å². The van der Waals surface area contributed by atoms with E-state index in [-0.39, 0.29) is 24.0 Å². The van der Waals surface area contributed by atoms with Crippen LogP contribution in [0.1, 0.15) is 21.7 Å². The Kier molecular flexibility index (Phi) is 4.38. The molecule has 1 aromatic carbocycles. The van der Waals surface area contributed by atoms with E-state index >= 15 is 0 Å². The number of halogens is 3. The molecule has 0 aliphatic rings. The monoisotopic (exact) mass is 396 g/mol. The minimum absolute atomic E-state index is 0.0103. The highest BCUT2D eigenvalue weighted by atomic mass is 79.9. The van der Waals surface area contributed by atoms with Crippen LogP contribution in [-0.2, 0) is 11.9 Å². The Bertz CT molecular complexity index is 929. The first-order chi connectivity index (χ1) is 11.5. The molecule has 3 rings (SSSR count). The first-order valence-electron chi connectivity index (χ1n) is 6.78. The summed E-state index contributed by atoms with van der Waals surface area (Å²) in [5, 5.41) is 6.96. The highest BCUT2D eigenvalue weighted by Gasteiger charge is 2.16. The molecular formula is C14H11BrF2N6O. The van der Waals surface area contributed by atoms with Crippen molar-refractivity contribution in [3.63, 3.8) is 0 Å². The molecule has 0 bridgehead atoms. The lowest BCUT2D eigenvalue weighted by Crippen LogP contribution is -2.26. The number of alkyl halides is 1. The molecule has 0 radical (unpaired) electrons. The smallest absolute Gasteiger partial charge is 0.270 e. The summed E-state index contributed by atoms with van der Waals surface area (Å²) in [7, 11) is 0. The maximum Gasteiger partial charge on any atom is 0.270 e. The molecule has 2 heterocycles. The van der Waals surface area contributed by atoms with Crippen molar-refractivity contribution in [1.29, 1.82) is 0 Å². The molecule has 0 atom stereocenters. The molecule has 0 saturated carbocycles. The number of nitrogens with two attached hydrogens (primary N) is 1. The van der Waals surface area contributed by atoms with Crippen molar-refractivity contribution in [2.45, 2.75) is 11.9 Å². The molecular weight excluding hydrogens is 386 g/mol. The number of nitrogens with zero attached hydrogens (tertiary/aromatic N) is 4. The Balaban J connectivity index is 1.86. The van der Waals surface area contributed by atoms with Crippen LogP contribution >= 0.6 is 15.9 Å². The van der Waals surface area contributed by atoms with E-state index in [0.717, 1.165) is 12.1 Å². The zero-order chi connectivity index (χ0) is 17.3. The predicted octanol–water partition coefficient (Wildman–Crippen LogP) is 1.81. The minimum Gasteiger partial charge on any atom is -0.366 e. The number of aromatic nitrogens is 4. The molecule has 3 aromatic rings. The van der Waals surface area contributed by atoms with Crippen molar-refractivity contribution >= 4 is 33.6 Å². The summed E-state index contributed by atoms with van der Waals surface area (Å²) < 4.78 is 27.3. The minimum atomic E-state index is -0.973. The molecule has 2 aromatic heterocycles. The number of benzene rings is 1. The average Bonchev–Trinajstić information content (AvgIpc) is 2.94. The van der Waals surface area contributed by atoms with E-state index in [1.807, 2.05) is 0 Å². The third kappa shape index (κ3) is 3.18. The number of nitrogen functional groups attached to an aromatic ring is 1. The van der Waals surface area contributed by atoms with Crippen LogP contribution in [0.25, 0.3) is 5.78 Å². The van der Waals surface area contributed by atoms with E-state index in [4.69, 9.17) is 5.73 Å². The second-order valence-corrected chi connectivity index (χ2v) is 5.44. The van der Waals surface area contributed by atoms with Gasteiger partial charge in [0.05, 0.1) is 5.69 Å². The van der Waals surface area contributed by atoms with E-state index in [0.29, 0.717) is 16.6 Å². The maximum atomic E-state index is 13.2. The molecule has 0 spiro atoms. The third-order valence-corrected chi connectivity index (χ3v) is 3.76. The highest BCUT2D eigenvalue weighted by Crippen LogP contribution is 2.12. The lowest BCUT2D eigenvalue weighted by Gasteiger charge is -2.08. The van der Waals surface area contributed by atoms with Gasteiger partial charge in [0.25, 0.3) is 11.7 Å². The number of hydrogen-bond acceptors (Lipinski definition) is 5. The topological polar surface area (TPSA) is 98.2 Å². The van der Waals surface area contributed by atoms with Crippen LogP contribution < -0.4 is 11.1 Å². The average molecular weight is 397 g/mol. The molecule has 3 N–H and O–H groups in total. The van der Waals surface area contributed by atoms with Gasteiger partial charge >= 0.3 is 0 Å². The first kappa shape index (κ1) is 16.2. The van der Waals surface area contributed by atoms with Crippen LogP contribution in [0.3, 0.4) is 0 Å². The van der Waals surface area contributed by atoms with E-state index < -0.39 is 17.5 Å². The Morgan fingerprint density at radius 3 is 2.75 bits per heavy atom. The molecule has 7 nitrogen and oxygen atoms in total. The summed E-state index contributed by atoms with van der Waals surface area (Å²) in [5.41, 5.74) is 6.72. The number of nitrogens with one attached hydrogen (secondary N) is 1. The molecule has 0 saturated heterocycles. The fourth-order valence-electron chi connectivity index (χ4n) is 2.09. The Labute approximate surface area is 143 Å². The second kappa shape index (κ2) is 6.48. The number of hydrogen-bond donors (Lipinski definition) is 2. The Morgan fingerprint density at radius 1 is 1.25 bits per heavy atom. The standard InChI is InChI=1S/C14H11BrF2N6O/c15-5-8-4-11(23-14(20-8)21-13(18)22-23)12(24)19-6-7-1-2-9(16)10(17)3-7/h1-4H,5-6H2,(H2,18,22)(H,19,24). The van der Waals surface area contributed by atoms with Crippen LogP contribution in [0.15, 0.2) is 24.3 Å². The van der Waals surface area contributed by atoms with Crippen LogP contribution in [0.2, 0.25) is 0 Å². The van der Waals surface area contributed by atoms with Gasteiger partial charge < -0.3 is 11.1 Å². The number of rotatable bonds is 4. The van der Waals surface area contributed by atoms with Crippen molar-refractivity contribution in [2.24, 2.45) is 0 Å². The van der Waals surface area contributed by atoms with Crippen LogP contribution in [0.4, 0.5) is 14.7 Å². The van der Waals surface area contributed by atoms with Crippen molar-refractivity contribution in [3.05, 3.63) is 52.9 Å². The molecule has 124 valence electrons. The van der Waals surface area contributed by atoms with Gasteiger partial charge in [-0.1, -0.05) is 22.0 Å². The van der Waals surface area contributed by atoms with E-state index in [1.54, 1.807) is 0 Å². The summed E-state index contributed by atoms with van der Waals surface area (Å²) in [4.78, 5) is 20.5. The van der Waals surface area contributed by atoms with Gasteiger partial charge in [-0.15, -0.1) is 5.10 Å². The van der Waals surface area contributed by atoms with Gasteiger partial charge in [-0.3, -0.25) is 4.79 Å². The number of amides is 1. The van der Waals surface area contributed by atoms with E-state index in [9.17, 15) is 13.6 Å². The summed E-state index contributed by atoms with van der Waals surface area (Å²) in [5.74, 6) is -2.20. The second-order valence-electron chi connectivity index (χ2n) is 4.88. The third-order valence-electron chi connectivity index (χ3n) is 3.19. The number of carbonyl (C=O) groups is 1. The van der Waals surface area contributed by atoms with E-state index in [2.05, 4.69) is 36.3 Å². The maximum absolute atomic E-state index is 13.2. The predicted molar refractivity (Wildman–Crippen MR) is 85.4 cm³/mol. The van der Waals surface area contributed by atoms with E-state index in [1.165, 1.54) is 16.6 Å². The highest BCUT2D eigenvalue weighted by molar-refractivity contribution is 9.08. The van der Waals surface area contributed by atoms with Crippen molar-refractivity contribution in [1.82, 2.24) is 24.9 Å². The Morgan fingerprint density at radius 2 is 2.04 bits per heavy atom. The number of carbonyl (C=O) groups excluding carboxylic acids is 1. The van der Waals surface area contributed by atoms with Crippen molar-refractivity contribution < 1.29 is 13.6 Å². The molecule has 10 heteroatoms. The normalized spacial score (nSPS) is 11.0. The molecule has 0 aliphatic heterocycles. The van der Waals surface area contributed by atoms with Gasteiger partial charge in [0.1, 0.15) is 5.69 Å². The van der Waals surface area contributed by atoms with Gasteiger partial charge in [-0.05, 0) is 23.8 Å². The fraction of sp³-hybridized carbons (Fsp3) is 0.143. The SMILES string of the molecule is Nc1nc2nc(CBr)cc(C(=O)NCc3ccc(F)c(F)c3)n2n1. The Hall–Kier alpha value is -2.62. The van der Waals surface area contributed by atoms with Crippen LogP contribution in [0, 0.1) is 11.6 Å². The molecule has 0 unspecified atom stereocenters. The zero-order valence-corrected chi connectivity index (χ0v) is 13.7. The fourth-order valence-corrected chi connectivity index (χ4v) is 2.37. The zero-order valence-electron chi connectivity index (χ0n) is 12.1. The molecule has 24 heavy (non-hydrogen) atoms. The van der Waals surface area contributed by atoms with Gasteiger partial charge in [-0.25, -0.2) is 13.8 Å². The largest absolute Gasteiger partial charge is 0.366 e. The number of anilines is 1. The van der Waals surface area contributed by atoms with Crippen molar-refractivity contribution in [3.8, 4) is 0 Å². The molecule has 0 fully saturated rings. The van der Waals surface area contributed by atoms with Crippen LogP contribution in [0.5, 0.6) is 0 Å². The summed E-state index contributed by atoms with van der Waals surface area (Å²) >= 11 is 3.26. The number of fused-ring (bicyclic) bond motifs is 1.